The Labute approximate surface area is 127 Å². The number of nitrogens with one attached hydrogen (secondary N) is 1. The molecule has 0 aliphatic carbocycles. The van der Waals surface area contributed by atoms with Crippen LogP contribution in [0.5, 0.6) is 0 Å². The lowest BCUT2D eigenvalue weighted by molar-refractivity contribution is -0.118. The second-order valence-corrected chi connectivity index (χ2v) is 5.71. The first-order chi connectivity index (χ1) is 9.47. The fourth-order valence-corrected chi connectivity index (χ4v) is 2.23. The van der Waals surface area contributed by atoms with Crippen LogP contribution >= 0.6 is 15.9 Å². The lowest BCUT2D eigenvalue weighted by Gasteiger charge is -2.18. The molecule has 0 fully saturated rings. The summed E-state index contributed by atoms with van der Waals surface area (Å²) in [4.78, 5) is 11.7. The molecule has 3 nitrogen and oxygen atoms in total. The van der Waals surface area contributed by atoms with Crippen molar-refractivity contribution in [3.8, 4) is 0 Å². The van der Waals surface area contributed by atoms with Gasteiger partial charge in [0.1, 0.15) is 6.04 Å². The van der Waals surface area contributed by atoms with Crippen LogP contribution in [0.1, 0.15) is 22.7 Å². The van der Waals surface area contributed by atoms with Gasteiger partial charge >= 0.3 is 0 Å². The van der Waals surface area contributed by atoms with Crippen molar-refractivity contribution in [2.45, 2.75) is 19.9 Å². The van der Waals surface area contributed by atoms with E-state index in [1.54, 1.807) is 0 Å². The number of benzene rings is 2. The van der Waals surface area contributed by atoms with E-state index in [4.69, 9.17) is 5.73 Å². The number of primary amides is 1. The summed E-state index contributed by atoms with van der Waals surface area (Å²) in [6.45, 7) is 4.00. The molecule has 0 aliphatic heterocycles. The zero-order valence-electron chi connectivity index (χ0n) is 11.5. The predicted molar refractivity (Wildman–Crippen MR) is 85.6 cm³/mol. The number of hydrogen-bond acceptors (Lipinski definition) is 2. The molecule has 3 N–H and O–H groups in total. The Morgan fingerprint density at radius 1 is 1.15 bits per heavy atom. The standard InChI is InChI=1S/C16H17BrN2O/c1-10-3-6-13(7-4-10)19-15(16(18)20)12-5-8-14(17)11(2)9-12/h3-9,15,19H,1-2H3,(H2,18,20). The Bertz CT molecular complexity index is 623. The van der Waals surface area contributed by atoms with Crippen LogP contribution in [0.25, 0.3) is 0 Å². The highest BCUT2D eigenvalue weighted by Crippen LogP contribution is 2.24. The molecule has 0 spiro atoms. The van der Waals surface area contributed by atoms with E-state index in [-0.39, 0.29) is 0 Å². The van der Waals surface area contributed by atoms with Gasteiger partial charge in [-0.15, -0.1) is 0 Å². The van der Waals surface area contributed by atoms with Gasteiger partial charge in [0.2, 0.25) is 5.91 Å². The molecule has 104 valence electrons. The minimum Gasteiger partial charge on any atom is -0.370 e. The summed E-state index contributed by atoms with van der Waals surface area (Å²) in [5.74, 6) is -0.396. The molecule has 4 heteroatoms. The Kier molecular flexibility index (Phi) is 4.45. The number of hydrogen-bond donors (Lipinski definition) is 2. The summed E-state index contributed by atoms with van der Waals surface area (Å²) in [5.41, 5.74) is 9.50. The lowest BCUT2D eigenvalue weighted by atomic mass is 10.0. The number of carbonyl (C=O) groups is 1. The van der Waals surface area contributed by atoms with Crippen molar-refractivity contribution in [1.29, 1.82) is 0 Å². The van der Waals surface area contributed by atoms with Gasteiger partial charge in [-0.05, 0) is 43.2 Å². The molecule has 1 unspecified atom stereocenters. The van der Waals surface area contributed by atoms with Crippen LogP contribution in [-0.2, 0) is 4.79 Å². The number of carbonyl (C=O) groups excluding carboxylic acids is 1. The van der Waals surface area contributed by atoms with E-state index in [0.29, 0.717) is 0 Å². The monoisotopic (exact) mass is 332 g/mol. The van der Waals surface area contributed by atoms with Crippen molar-refractivity contribution in [3.05, 3.63) is 63.6 Å². The highest BCUT2D eigenvalue weighted by atomic mass is 79.9. The summed E-state index contributed by atoms with van der Waals surface area (Å²) in [7, 11) is 0. The van der Waals surface area contributed by atoms with Crippen molar-refractivity contribution in [2.75, 3.05) is 5.32 Å². The fourth-order valence-electron chi connectivity index (χ4n) is 1.98. The van der Waals surface area contributed by atoms with Gasteiger partial charge in [0.05, 0.1) is 0 Å². The number of nitrogens with two attached hydrogens (primary N) is 1. The molecule has 2 rings (SSSR count). The quantitative estimate of drug-likeness (QED) is 0.896. The minimum absolute atomic E-state index is 0.396. The van der Waals surface area contributed by atoms with Gasteiger partial charge in [0, 0.05) is 10.2 Å². The zero-order valence-corrected chi connectivity index (χ0v) is 13.1. The van der Waals surface area contributed by atoms with E-state index in [2.05, 4.69) is 21.2 Å². The highest BCUT2D eigenvalue weighted by Gasteiger charge is 2.18. The smallest absolute Gasteiger partial charge is 0.244 e. The maximum Gasteiger partial charge on any atom is 0.244 e. The van der Waals surface area contributed by atoms with Crippen molar-refractivity contribution < 1.29 is 4.79 Å². The average Bonchev–Trinajstić information content (AvgIpc) is 2.41. The van der Waals surface area contributed by atoms with Crippen LogP contribution in [-0.4, -0.2) is 5.91 Å². The first-order valence-corrected chi connectivity index (χ1v) is 7.15. The van der Waals surface area contributed by atoms with Gasteiger partial charge in [0.25, 0.3) is 0 Å². The van der Waals surface area contributed by atoms with Gasteiger partial charge in [-0.3, -0.25) is 4.79 Å². The Morgan fingerprint density at radius 3 is 2.35 bits per heavy atom. The number of rotatable bonds is 4. The minimum atomic E-state index is -0.537. The third-order valence-corrected chi connectivity index (χ3v) is 4.05. The summed E-state index contributed by atoms with van der Waals surface area (Å²) < 4.78 is 1.01. The first-order valence-electron chi connectivity index (χ1n) is 6.36. The second kappa shape index (κ2) is 6.09. The number of aryl methyl sites for hydroxylation is 2. The van der Waals surface area contributed by atoms with Gasteiger partial charge < -0.3 is 11.1 Å². The van der Waals surface area contributed by atoms with Crippen molar-refractivity contribution in [1.82, 2.24) is 0 Å². The third kappa shape index (κ3) is 3.39. The number of amides is 1. The van der Waals surface area contributed by atoms with E-state index in [1.165, 1.54) is 5.56 Å². The fraction of sp³-hybridized carbons (Fsp3) is 0.188. The van der Waals surface area contributed by atoms with Gasteiger partial charge in [-0.2, -0.15) is 0 Å². The largest absolute Gasteiger partial charge is 0.370 e. The van der Waals surface area contributed by atoms with Crippen LogP contribution in [0.2, 0.25) is 0 Å². The van der Waals surface area contributed by atoms with E-state index >= 15 is 0 Å². The first kappa shape index (κ1) is 14.6. The molecule has 0 saturated heterocycles. The number of halogens is 1. The van der Waals surface area contributed by atoms with Gasteiger partial charge in [0.15, 0.2) is 0 Å². The molecule has 1 atom stereocenters. The molecule has 2 aromatic rings. The van der Waals surface area contributed by atoms with E-state index in [0.717, 1.165) is 21.3 Å². The second-order valence-electron chi connectivity index (χ2n) is 4.85. The zero-order chi connectivity index (χ0) is 14.7. The van der Waals surface area contributed by atoms with Crippen molar-refractivity contribution in [3.63, 3.8) is 0 Å². The van der Waals surface area contributed by atoms with Crippen LogP contribution in [0.4, 0.5) is 5.69 Å². The molecule has 0 saturated carbocycles. The van der Waals surface area contributed by atoms with Crippen LogP contribution in [0.3, 0.4) is 0 Å². The lowest BCUT2D eigenvalue weighted by Crippen LogP contribution is -2.27. The molecule has 0 aliphatic rings. The van der Waals surface area contributed by atoms with Crippen LogP contribution < -0.4 is 11.1 Å². The van der Waals surface area contributed by atoms with Gasteiger partial charge in [-0.25, -0.2) is 0 Å². The topological polar surface area (TPSA) is 55.1 Å². The number of anilines is 1. The summed E-state index contributed by atoms with van der Waals surface area (Å²) in [6, 6.07) is 13.1. The molecule has 20 heavy (non-hydrogen) atoms. The third-order valence-electron chi connectivity index (χ3n) is 3.16. The Morgan fingerprint density at radius 2 is 1.80 bits per heavy atom. The SMILES string of the molecule is Cc1ccc(NC(C(N)=O)c2ccc(Br)c(C)c2)cc1. The molecule has 2 aromatic carbocycles. The molecule has 0 bridgehead atoms. The summed E-state index contributed by atoms with van der Waals surface area (Å²) >= 11 is 3.45. The molecule has 0 aromatic heterocycles. The van der Waals surface area contributed by atoms with Crippen molar-refractivity contribution in [2.24, 2.45) is 5.73 Å². The van der Waals surface area contributed by atoms with E-state index < -0.39 is 11.9 Å². The van der Waals surface area contributed by atoms with Crippen LogP contribution in [0.15, 0.2) is 46.9 Å². The highest BCUT2D eigenvalue weighted by molar-refractivity contribution is 9.10. The summed E-state index contributed by atoms with van der Waals surface area (Å²) in [5, 5.41) is 3.18. The van der Waals surface area contributed by atoms with E-state index in [9.17, 15) is 4.79 Å². The predicted octanol–water partition coefficient (Wildman–Crippen LogP) is 3.70. The summed E-state index contributed by atoms with van der Waals surface area (Å²) in [6.07, 6.45) is 0. The maximum absolute atomic E-state index is 11.7. The van der Waals surface area contributed by atoms with Crippen LogP contribution in [0, 0.1) is 13.8 Å². The molecule has 0 heterocycles. The van der Waals surface area contributed by atoms with E-state index in [1.807, 2.05) is 56.3 Å². The van der Waals surface area contributed by atoms with Crippen molar-refractivity contribution >= 4 is 27.5 Å². The normalized spacial score (nSPS) is 11.9. The average molecular weight is 333 g/mol. The maximum atomic E-state index is 11.7. The molecule has 1 amide bonds. The van der Waals surface area contributed by atoms with Gasteiger partial charge in [-0.1, -0.05) is 45.8 Å². The molecular formula is C16H17BrN2O. The Hall–Kier alpha value is -1.81. The molecule has 0 radical (unpaired) electrons. The Balaban J connectivity index is 2.29. The molecular weight excluding hydrogens is 316 g/mol.